The van der Waals surface area contributed by atoms with Crippen LogP contribution in [-0.2, 0) is 6.54 Å². The maximum atomic E-state index is 14.5. The van der Waals surface area contributed by atoms with Gasteiger partial charge in [-0.2, -0.15) is 0 Å². The summed E-state index contributed by atoms with van der Waals surface area (Å²) < 4.78 is 5.70. The van der Waals surface area contributed by atoms with E-state index in [2.05, 4.69) is 57.3 Å². The Labute approximate surface area is 239 Å². The lowest BCUT2D eigenvalue weighted by atomic mass is 9.81. The Morgan fingerprint density at radius 3 is 2.30 bits per heavy atom. The first-order chi connectivity index (χ1) is 19.4. The summed E-state index contributed by atoms with van der Waals surface area (Å²) in [6.45, 7) is 9.28. The number of ether oxygens (including phenoxy) is 1. The second kappa shape index (κ2) is 14.3. The Hall–Kier alpha value is -3.38. The number of anilines is 1. The zero-order valence-corrected chi connectivity index (χ0v) is 24.5. The van der Waals surface area contributed by atoms with Crippen LogP contribution in [0.4, 0.5) is 10.5 Å². The summed E-state index contributed by atoms with van der Waals surface area (Å²) in [5, 5.41) is 12.6. The molecule has 1 fully saturated rings. The van der Waals surface area contributed by atoms with Crippen molar-refractivity contribution in [3.63, 3.8) is 0 Å². The van der Waals surface area contributed by atoms with Gasteiger partial charge in [-0.1, -0.05) is 83.4 Å². The van der Waals surface area contributed by atoms with Crippen LogP contribution in [0.25, 0.3) is 0 Å². The van der Waals surface area contributed by atoms with Crippen molar-refractivity contribution in [3.05, 3.63) is 89.2 Å². The molecule has 2 amide bonds. The van der Waals surface area contributed by atoms with Crippen molar-refractivity contribution in [1.29, 1.82) is 0 Å². The van der Waals surface area contributed by atoms with E-state index in [9.17, 15) is 9.90 Å². The zero-order chi connectivity index (χ0) is 28.5. The molecule has 0 bridgehead atoms. The normalized spacial score (nSPS) is 14.8. The highest BCUT2D eigenvalue weighted by Gasteiger charge is 2.35. The SMILES string of the molecule is CC(C)c1cccc(C(C)C)c1NC(=O)N(Cc1cccc(OCCO)c1)C(c1ccccn1)C1CCCCC1. The molecule has 3 aromatic rings. The fourth-order valence-corrected chi connectivity index (χ4v) is 5.92. The molecule has 1 aromatic heterocycles. The number of carbonyl (C=O) groups is 1. The van der Waals surface area contributed by atoms with E-state index in [1.165, 1.54) is 19.3 Å². The predicted molar refractivity (Wildman–Crippen MR) is 162 cm³/mol. The van der Waals surface area contributed by atoms with Gasteiger partial charge in [0.2, 0.25) is 0 Å². The Morgan fingerprint density at radius 2 is 1.68 bits per heavy atom. The third-order valence-electron chi connectivity index (χ3n) is 7.90. The van der Waals surface area contributed by atoms with Crippen LogP contribution < -0.4 is 10.1 Å². The largest absolute Gasteiger partial charge is 0.491 e. The van der Waals surface area contributed by atoms with E-state index in [1.54, 1.807) is 0 Å². The first-order valence-electron chi connectivity index (χ1n) is 14.8. The fourth-order valence-electron chi connectivity index (χ4n) is 5.92. The maximum Gasteiger partial charge on any atom is 0.322 e. The van der Waals surface area contributed by atoms with Crippen LogP contribution in [-0.4, -0.2) is 34.2 Å². The van der Waals surface area contributed by atoms with Gasteiger partial charge in [-0.25, -0.2) is 4.79 Å². The van der Waals surface area contributed by atoms with Gasteiger partial charge in [-0.05, 0) is 71.6 Å². The molecule has 0 radical (unpaired) electrons. The summed E-state index contributed by atoms with van der Waals surface area (Å²) >= 11 is 0. The molecule has 0 aliphatic heterocycles. The first-order valence-corrected chi connectivity index (χ1v) is 14.8. The molecule has 1 heterocycles. The van der Waals surface area contributed by atoms with E-state index in [4.69, 9.17) is 9.72 Å². The van der Waals surface area contributed by atoms with Crippen molar-refractivity contribution in [2.45, 2.75) is 84.2 Å². The molecule has 6 heteroatoms. The van der Waals surface area contributed by atoms with Crippen molar-refractivity contribution >= 4 is 11.7 Å². The molecule has 214 valence electrons. The lowest BCUT2D eigenvalue weighted by molar-refractivity contribution is 0.131. The highest BCUT2D eigenvalue weighted by atomic mass is 16.5. The van der Waals surface area contributed by atoms with Crippen molar-refractivity contribution in [2.75, 3.05) is 18.5 Å². The number of amides is 2. The van der Waals surface area contributed by atoms with E-state index in [0.717, 1.165) is 40.9 Å². The molecule has 2 N–H and O–H groups in total. The number of hydrogen-bond donors (Lipinski definition) is 2. The van der Waals surface area contributed by atoms with Gasteiger partial charge in [-0.3, -0.25) is 4.98 Å². The first kappa shape index (κ1) is 29.6. The van der Waals surface area contributed by atoms with Gasteiger partial charge in [0.05, 0.1) is 18.3 Å². The van der Waals surface area contributed by atoms with Crippen LogP contribution in [0.15, 0.2) is 66.9 Å². The number of benzene rings is 2. The van der Waals surface area contributed by atoms with Crippen LogP contribution in [0.2, 0.25) is 0 Å². The minimum absolute atomic E-state index is 0.0460. The Bertz CT molecular complexity index is 1200. The molecular formula is C34H45N3O3. The maximum absolute atomic E-state index is 14.5. The lowest BCUT2D eigenvalue weighted by Gasteiger charge is -2.39. The van der Waals surface area contributed by atoms with Crippen molar-refractivity contribution in [1.82, 2.24) is 9.88 Å². The predicted octanol–water partition coefficient (Wildman–Crippen LogP) is 8.06. The van der Waals surface area contributed by atoms with Crippen LogP contribution >= 0.6 is 0 Å². The highest BCUT2D eigenvalue weighted by Crippen LogP contribution is 2.40. The zero-order valence-electron chi connectivity index (χ0n) is 24.5. The summed E-state index contributed by atoms with van der Waals surface area (Å²) in [4.78, 5) is 21.3. The average molecular weight is 544 g/mol. The Balaban J connectivity index is 1.77. The molecule has 0 saturated heterocycles. The number of aliphatic hydroxyl groups excluding tert-OH is 1. The van der Waals surface area contributed by atoms with Crippen molar-refractivity contribution in [3.8, 4) is 5.75 Å². The van der Waals surface area contributed by atoms with Crippen LogP contribution in [0.3, 0.4) is 0 Å². The topological polar surface area (TPSA) is 74.7 Å². The molecule has 1 saturated carbocycles. The minimum atomic E-state index is -0.155. The number of aromatic nitrogens is 1. The summed E-state index contributed by atoms with van der Waals surface area (Å²) in [5.41, 5.74) is 5.12. The van der Waals surface area contributed by atoms with Crippen LogP contribution in [0.5, 0.6) is 5.75 Å². The number of carbonyl (C=O) groups excluding carboxylic acids is 1. The van der Waals surface area contributed by atoms with Gasteiger partial charge in [0, 0.05) is 18.4 Å². The van der Waals surface area contributed by atoms with Gasteiger partial charge in [-0.15, -0.1) is 0 Å². The third-order valence-corrected chi connectivity index (χ3v) is 7.90. The van der Waals surface area contributed by atoms with E-state index in [0.29, 0.717) is 18.2 Å². The van der Waals surface area contributed by atoms with Gasteiger partial charge in [0.25, 0.3) is 0 Å². The third kappa shape index (κ3) is 7.42. The van der Waals surface area contributed by atoms with Crippen LogP contribution in [0.1, 0.15) is 100 Å². The molecule has 0 spiro atoms. The number of urea groups is 1. The van der Waals surface area contributed by atoms with E-state index < -0.39 is 0 Å². The van der Waals surface area contributed by atoms with Gasteiger partial charge in [0.1, 0.15) is 12.4 Å². The number of nitrogens with one attached hydrogen (secondary N) is 1. The van der Waals surface area contributed by atoms with Gasteiger partial charge in [0.15, 0.2) is 0 Å². The molecular weight excluding hydrogens is 498 g/mol. The molecule has 6 nitrogen and oxygen atoms in total. The summed E-state index contributed by atoms with van der Waals surface area (Å²) in [6, 6.07) is 19.9. The number of nitrogens with zero attached hydrogens (tertiary/aromatic N) is 2. The molecule has 1 unspecified atom stereocenters. The molecule has 4 rings (SSSR count). The molecule has 1 atom stereocenters. The minimum Gasteiger partial charge on any atom is -0.491 e. The Kier molecular flexibility index (Phi) is 10.6. The van der Waals surface area contributed by atoms with Gasteiger partial charge >= 0.3 is 6.03 Å². The van der Waals surface area contributed by atoms with E-state index >= 15 is 0 Å². The number of rotatable bonds is 11. The molecule has 40 heavy (non-hydrogen) atoms. The summed E-state index contributed by atoms with van der Waals surface area (Å²) in [5.74, 6) is 1.56. The second-order valence-corrected chi connectivity index (χ2v) is 11.5. The molecule has 1 aliphatic rings. The standard InChI is InChI=1S/C34H45N3O3/c1-24(2)29-16-11-17-30(25(3)4)32(29)36-34(39)37(23-26-12-10-15-28(22-26)40-21-20-38)33(27-13-6-5-7-14-27)31-18-8-9-19-35-31/h8-12,15-19,22,24-25,27,33,38H,5-7,13-14,20-21,23H2,1-4H3,(H,36,39). The van der Waals surface area contributed by atoms with Crippen LogP contribution in [0, 0.1) is 5.92 Å². The number of aliphatic hydroxyl groups is 1. The quantitative estimate of drug-likeness (QED) is 0.257. The monoisotopic (exact) mass is 543 g/mol. The lowest BCUT2D eigenvalue weighted by Crippen LogP contribution is -2.42. The smallest absolute Gasteiger partial charge is 0.322 e. The average Bonchev–Trinajstić information content (AvgIpc) is 2.97. The summed E-state index contributed by atoms with van der Waals surface area (Å²) in [6.07, 6.45) is 7.55. The number of pyridine rings is 1. The molecule has 1 aliphatic carbocycles. The van der Waals surface area contributed by atoms with Crippen molar-refractivity contribution < 1.29 is 14.6 Å². The summed E-state index contributed by atoms with van der Waals surface area (Å²) in [7, 11) is 0. The molecule has 2 aromatic carbocycles. The fraction of sp³-hybridized carbons (Fsp3) is 0.471. The Morgan fingerprint density at radius 1 is 0.975 bits per heavy atom. The highest BCUT2D eigenvalue weighted by molar-refractivity contribution is 5.91. The van der Waals surface area contributed by atoms with E-state index in [-0.39, 0.29) is 37.1 Å². The van der Waals surface area contributed by atoms with Gasteiger partial charge < -0.3 is 20.1 Å². The number of para-hydroxylation sites is 1. The number of hydrogen-bond acceptors (Lipinski definition) is 4. The van der Waals surface area contributed by atoms with Crippen molar-refractivity contribution in [2.24, 2.45) is 5.92 Å². The van der Waals surface area contributed by atoms with E-state index in [1.807, 2.05) is 47.5 Å². The second-order valence-electron chi connectivity index (χ2n) is 11.5.